The number of nitrogens with one attached hydrogen (secondary N) is 1. The van der Waals surface area contributed by atoms with Crippen LogP contribution in [0.15, 0.2) is 0 Å². The van der Waals surface area contributed by atoms with Crippen molar-refractivity contribution in [3.8, 4) is 0 Å². The van der Waals surface area contributed by atoms with Crippen LogP contribution in [0.2, 0.25) is 0 Å². The fraction of sp³-hybridized carbons (Fsp3) is 0.941. The Morgan fingerprint density at radius 3 is 2.00 bits per heavy atom. The summed E-state index contributed by atoms with van der Waals surface area (Å²) in [5.41, 5.74) is 0. The quantitative estimate of drug-likeness (QED) is 0.795. The van der Waals surface area contributed by atoms with Gasteiger partial charge in [-0.15, -0.1) is 0 Å². The molecule has 1 aliphatic carbocycles. The average molecular weight is 293 g/mol. The van der Waals surface area contributed by atoms with Crippen molar-refractivity contribution in [3.63, 3.8) is 0 Å². The molecule has 0 radical (unpaired) electrons. The molecule has 2 amide bonds. The number of carbonyl (C=O) groups excluding carboxylic acids is 1. The van der Waals surface area contributed by atoms with Crippen LogP contribution in [0.1, 0.15) is 64.2 Å². The minimum Gasteiger partial charge on any atom is -0.335 e. The zero-order valence-corrected chi connectivity index (χ0v) is 13.4. The van der Waals surface area contributed by atoms with E-state index in [4.69, 9.17) is 0 Å². The molecule has 3 aliphatic rings. The van der Waals surface area contributed by atoms with Gasteiger partial charge in [-0.2, -0.15) is 0 Å². The molecule has 4 nitrogen and oxygen atoms in total. The standard InChI is InChI=1S/C17H31N3O/c21-17(18-15-7-3-1-2-4-8-15)20-13-9-16(10-14-20)19-11-5-6-12-19/h15-16H,1-14H2,(H,18,21). The van der Waals surface area contributed by atoms with Gasteiger partial charge in [-0.25, -0.2) is 4.79 Å². The average Bonchev–Trinajstić information content (AvgIpc) is 2.93. The van der Waals surface area contributed by atoms with Gasteiger partial charge >= 0.3 is 6.03 Å². The Morgan fingerprint density at radius 1 is 0.762 bits per heavy atom. The molecule has 3 fully saturated rings. The molecular weight excluding hydrogens is 262 g/mol. The topological polar surface area (TPSA) is 35.6 Å². The molecule has 0 unspecified atom stereocenters. The molecule has 2 aliphatic heterocycles. The number of piperidine rings is 1. The van der Waals surface area contributed by atoms with Crippen LogP contribution >= 0.6 is 0 Å². The highest BCUT2D eigenvalue weighted by Crippen LogP contribution is 2.22. The summed E-state index contributed by atoms with van der Waals surface area (Å²) < 4.78 is 0. The Balaban J connectivity index is 1.41. The summed E-state index contributed by atoms with van der Waals surface area (Å²) in [6.07, 6.45) is 12.7. The third-order valence-corrected chi connectivity index (χ3v) is 5.59. The Bertz CT molecular complexity index is 325. The van der Waals surface area contributed by atoms with Gasteiger partial charge in [0.1, 0.15) is 0 Å². The van der Waals surface area contributed by atoms with E-state index < -0.39 is 0 Å². The predicted octanol–water partition coefficient (Wildman–Crippen LogP) is 2.98. The van der Waals surface area contributed by atoms with E-state index in [9.17, 15) is 4.79 Å². The molecule has 2 heterocycles. The van der Waals surface area contributed by atoms with Gasteiger partial charge in [-0.3, -0.25) is 0 Å². The molecular formula is C17H31N3O. The number of urea groups is 1. The van der Waals surface area contributed by atoms with Crippen molar-refractivity contribution in [2.24, 2.45) is 0 Å². The Kier molecular flexibility index (Phi) is 5.39. The molecule has 0 aromatic rings. The maximum absolute atomic E-state index is 12.4. The van der Waals surface area contributed by atoms with E-state index in [1.54, 1.807) is 0 Å². The number of nitrogens with zero attached hydrogens (tertiary/aromatic N) is 2. The smallest absolute Gasteiger partial charge is 0.317 e. The van der Waals surface area contributed by atoms with E-state index >= 15 is 0 Å². The summed E-state index contributed by atoms with van der Waals surface area (Å²) >= 11 is 0. The summed E-state index contributed by atoms with van der Waals surface area (Å²) in [5, 5.41) is 3.29. The molecule has 0 atom stereocenters. The van der Waals surface area contributed by atoms with E-state index in [0.717, 1.165) is 32.0 Å². The zero-order chi connectivity index (χ0) is 14.5. The third kappa shape index (κ3) is 4.12. The van der Waals surface area contributed by atoms with Crippen molar-refractivity contribution < 1.29 is 4.79 Å². The summed E-state index contributed by atoms with van der Waals surface area (Å²) in [5.74, 6) is 0. The van der Waals surface area contributed by atoms with Crippen LogP contribution < -0.4 is 5.32 Å². The van der Waals surface area contributed by atoms with Crippen LogP contribution in [-0.2, 0) is 0 Å². The van der Waals surface area contributed by atoms with Gasteiger partial charge in [0, 0.05) is 25.2 Å². The predicted molar refractivity (Wildman–Crippen MR) is 85.4 cm³/mol. The SMILES string of the molecule is O=C(NC1CCCCCC1)N1CCC(N2CCCC2)CC1. The highest BCUT2D eigenvalue weighted by atomic mass is 16.2. The monoisotopic (exact) mass is 293 g/mol. The summed E-state index contributed by atoms with van der Waals surface area (Å²) in [6.45, 7) is 4.44. The molecule has 0 bridgehead atoms. The van der Waals surface area contributed by atoms with E-state index in [2.05, 4.69) is 15.1 Å². The van der Waals surface area contributed by atoms with Crippen molar-refractivity contribution >= 4 is 6.03 Å². The zero-order valence-electron chi connectivity index (χ0n) is 13.4. The second-order valence-electron chi connectivity index (χ2n) is 7.10. The van der Waals surface area contributed by atoms with Crippen LogP contribution in [0.25, 0.3) is 0 Å². The van der Waals surface area contributed by atoms with Crippen LogP contribution in [0.5, 0.6) is 0 Å². The van der Waals surface area contributed by atoms with Crippen molar-refractivity contribution in [2.45, 2.75) is 76.3 Å². The minimum atomic E-state index is 0.196. The molecule has 0 aromatic carbocycles. The van der Waals surface area contributed by atoms with E-state index in [0.29, 0.717) is 6.04 Å². The van der Waals surface area contributed by atoms with Gasteiger partial charge in [0.2, 0.25) is 0 Å². The summed E-state index contributed by atoms with van der Waals surface area (Å²) in [4.78, 5) is 17.1. The maximum atomic E-state index is 12.4. The number of likely N-dealkylation sites (tertiary alicyclic amines) is 2. The first kappa shape index (κ1) is 15.1. The second-order valence-corrected chi connectivity index (χ2v) is 7.10. The van der Waals surface area contributed by atoms with Gasteiger partial charge in [0.05, 0.1) is 0 Å². The number of rotatable bonds is 2. The first-order chi connectivity index (χ1) is 10.3. The fourth-order valence-electron chi connectivity index (χ4n) is 4.23. The molecule has 1 N–H and O–H groups in total. The lowest BCUT2D eigenvalue weighted by molar-refractivity contribution is 0.132. The van der Waals surface area contributed by atoms with E-state index in [1.807, 2.05) is 0 Å². The van der Waals surface area contributed by atoms with Gasteiger partial charge in [0.25, 0.3) is 0 Å². The first-order valence-electron chi connectivity index (χ1n) is 9.12. The van der Waals surface area contributed by atoms with E-state index in [-0.39, 0.29) is 6.03 Å². The Morgan fingerprint density at radius 2 is 1.38 bits per heavy atom. The molecule has 21 heavy (non-hydrogen) atoms. The molecule has 3 rings (SSSR count). The lowest BCUT2D eigenvalue weighted by atomic mass is 10.0. The Hall–Kier alpha value is -0.770. The van der Waals surface area contributed by atoms with Gasteiger partial charge in [-0.05, 0) is 51.6 Å². The number of hydrogen-bond donors (Lipinski definition) is 1. The lowest BCUT2D eigenvalue weighted by Gasteiger charge is -2.37. The number of amides is 2. The van der Waals surface area contributed by atoms with Crippen LogP contribution in [0.4, 0.5) is 4.79 Å². The van der Waals surface area contributed by atoms with Crippen LogP contribution in [0, 0.1) is 0 Å². The third-order valence-electron chi connectivity index (χ3n) is 5.59. The Labute approximate surface area is 129 Å². The normalized spacial score (nSPS) is 26.8. The van der Waals surface area contributed by atoms with Gasteiger partial charge < -0.3 is 15.1 Å². The second kappa shape index (κ2) is 7.48. The van der Waals surface area contributed by atoms with Crippen LogP contribution in [-0.4, -0.2) is 54.1 Å². The van der Waals surface area contributed by atoms with Crippen molar-refractivity contribution in [1.29, 1.82) is 0 Å². The number of hydrogen-bond acceptors (Lipinski definition) is 2. The van der Waals surface area contributed by atoms with E-state index in [1.165, 1.54) is 64.5 Å². The molecule has 2 saturated heterocycles. The van der Waals surface area contributed by atoms with Gasteiger partial charge in [0.15, 0.2) is 0 Å². The van der Waals surface area contributed by atoms with Crippen LogP contribution in [0.3, 0.4) is 0 Å². The van der Waals surface area contributed by atoms with Crippen molar-refractivity contribution in [1.82, 2.24) is 15.1 Å². The highest BCUT2D eigenvalue weighted by molar-refractivity contribution is 5.74. The first-order valence-corrected chi connectivity index (χ1v) is 9.12. The molecule has 0 spiro atoms. The lowest BCUT2D eigenvalue weighted by Crippen LogP contribution is -2.51. The fourth-order valence-corrected chi connectivity index (χ4v) is 4.23. The van der Waals surface area contributed by atoms with Crippen molar-refractivity contribution in [2.75, 3.05) is 26.2 Å². The largest absolute Gasteiger partial charge is 0.335 e. The minimum absolute atomic E-state index is 0.196. The molecule has 4 heteroatoms. The highest BCUT2D eigenvalue weighted by Gasteiger charge is 2.28. The number of carbonyl (C=O) groups is 1. The maximum Gasteiger partial charge on any atom is 0.317 e. The molecule has 1 saturated carbocycles. The summed E-state index contributed by atoms with van der Waals surface area (Å²) in [7, 11) is 0. The summed E-state index contributed by atoms with van der Waals surface area (Å²) in [6, 6.07) is 1.35. The molecule has 0 aromatic heterocycles. The molecule has 120 valence electrons. The van der Waals surface area contributed by atoms with Gasteiger partial charge in [-0.1, -0.05) is 25.7 Å². The van der Waals surface area contributed by atoms with Crippen molar-refractivity contribution in [3.05, 3.63) is 0 Å².